The normalized spacial score (nSPS) is 26.1. The molecule has 0 bridgehead atoms. The first-order valence-corrected chi connectivity index (χ1v) is 6.63. The molecule has 2 atom stereocenters. The summed E-state index contributed by atoms with van der Waals surface area (Å²) in [4.78, 5) is 5.90. The smallest absolute Gasteiger partial charge is 0.107 e. The largest absolute Gasteiger partial charge is 0.308 e. The van der Waals surface area contributed by atoms with E-state index in [4.69, 9.17) is 0 Å². The van der Waals surface area contributed by atoms with E-state index in [1.807, 2.05) is 11.3 Å². The highest BCUT2D eigenvalue weighted by Gasteiger charge is 2.20. The van der Waals surface area contributed by atoms with Crippen molar-refractivity contribution in [2.75, 3.05) is 0 Å². The van der Waals surface area contributed by atoms with Gasteiger partial charge in [0.25, 0.3) is 0 Å². The molecule has 3 heteroatoms. The van der Waals surface area contributed by atoms with Gasteiger partial charge in [-0.15, -0.1) is 11.3 Å². The average molecular weight is 224 g/mol. The van der Waals surface area contributed by atoms with Crippen LogP contribution in [0.3, 0.4) is 0 Å². The van der Waals surface area contributed by atoms with Crippen LogP contribution in [-0.4, -0.2) is 11.0 Å². The molecular weight excluding hydrogens is 204 g/mol. The van der Waals surface area contributed by atoms with Crippen LogP contribution in [0.4, 0.5) is 0 Å². The summed E-state index contributed by atoms with van der Waals surface area (Å²) < 4.78 is 0. The van der Waals surface area contributed by atoms with Gasteiger partial charge in [0.2, 0.25) is 0 Å². The molecule has 1 fully saturated rings. The first-order valence-electron chi connectivity index (χ1n) is 5.81. The third-order valence-corrected chi connectivity index (χ3v) is 4.38. The third kappa shape index (κ3) is 2.79. The van der Waals surface area contributed by atoms with Crippen molar-refractivity contribution in [3.8, 4) is 0 Å². The van der Waals surface area contributed by atoms with Crippen LogP contribution in [0.15, 0.2) is 0 Å². The van der Waals surface area contributed by atoms with E-state index in [0.29, 0.717) is 0 Å². The second-order valence-electron chi connectivity index (χ2n) is 4.75. The molecule has 1 aliphatic rings. The van der Waals surface area contributed by atoms with Crippen LogP contribution < -0.4 is 5.32 Å². The summed E-state index contributed by atoms with van der Waals surface area (Å²) in [6, 6.07) is 0.726. The highest BCUT2D eigenvalue weighted by atomic mass is 32.1. The van der Waals surface area contributed by atoms with Crippen molar-refractivity contribution in [2.24, 2.45) is 5.92 Å². The molecule has 0 spiro atoms. The number of nitrogens with zero attached hydrogens (tertiary/aromatic N) is 1. The molecule has 0 aliphatic heterocycles. The number of nitrogens with one attached hydrogen (secondary N) is 1. The van der Waals surface area contributed by atoms with Gasteiger partial charge in [-0.25, -0.2) is 4.98 Å². The van der Waals surface area contributed by atoms with Gasteiger partial charge in [-0.1, -0.05) is 6.92 Å². The topological polar surface area (TPSA) is 24.9 Å². The zero-order chi connectivity index (χ0) is 10.8. The number of thiazole rings is 1. The molecule has 1 aromatic rings. The predicted octanol–water partition coefficient (Wildman–Crippen LogP) is 3.04. The fraction of sp³-hybridized carbons (Fsp3) is 0.750. The molecule has 1 aliphatic carbocycles. The van der Waals surface area contributed by atoms with Crippen molar-refractivity contribution in [1.82, 2.24) is 10.3 Å². The second-order valence-corrected chi connectivity index (χ2v) is 6.03. The summed E-state index contributed by atoms with van der Waals surface area (Å²) in [5.41, 5.74) is 1.19. The van der Waals surface area contributed by atoms with Crippen LogP contribution in [0, 0.1) is 19.8 Å². The zero-order valence-corrected chi connectivity index (χ0v) is 10.7. The molecule has 2 unspecified atom stereocenters. The van der Waals surface area contributed by atoms with Gasteiger partial charge in [0.15, 0.2) is 0 Å². The Hall–Kier alpha value is -0.410. The van der Waals surface area contributed by atoms with Crippen LogP contribution in [0.25, 0.3) is 0 Å². The van der Waals surface area contributed by atoms with Crippen LogP contribution >= 0.6 is 11.3 Å². The van der Waals surface area contributed by atoms with Gasteiger partial charge in [-0.05, 0) is 39.0 Å². The second kappa shape index (κ2) is 4.62. The van der Waals surface area contributed by atoms with Crippen molar-refractivity contribution in [3.05, 3.63) is 15.6 Å². The summed E-state index contributed by atoms with van der Waals surface area (Å²) >= 11 is 1.82. The van der Waals surface area contributed by atoms with Gasteiger partial charge in [0, 0.05) is 17.5 Å². The fourth-order valence-electron chi connectivity index (χ4n) is 2.24. The van der Waals surface area contributed by atoms with E-state index in [0.717, 1.165) is 18.5 Å². The molecule has 0 aromatic carbocycles. The van der Waals surface area contributed by atoms with Gasteiger partial charge < -0.3 is 5.32 Å². The minimum absolute atomic E-state index is 0.726. The Morgan fingerprint density at radius 1 is 1.40 bits per heavy atom. The van der Waals surface area contributed by atoms with Crippen molar-refractivity contribution in [1.29, 1.82) is 0 Å². The lowest BCUT2D eigenvalue weighted by atomic mass is 10.1. The maximum atomic E-state index is 4.55. The van der Waals surface area contributed by atoms with Crippen molar-refractivity contribution in [2.45, 2.75) is 52.6 Å². The lowest BCUT2D eigenvalue weighted by molar-refractivity contribution is 0.501. The molecule has 1 aromatic heterocycles. The standard InChI is InChI=1S/C12H20N2S/c1-8-4-5-11(6-8)13-7-12-14-9(2)10(3)15-12/h8,11,13H,4-7H2,1-3H3. The SMILES string of the molecule is Cc1nc(CNC2CCC(C)C2)sc1C. The number of aromatic nitrogens is 1. The van der Waals surface area contributed by atoms with Gasteiger partial charge in [-0.2, -0.15) is 0 Å². The highest BCUT2D eigenvalue weighted by molar-refractivity contribution is 7.11. The molecule has 0 saturated heterocycles. The summed E-state index contributed by atoms with van der Waals surface area (Å²) in [5, 5.41) is 4.86. The molecule has 1 N–H and O–H groups in total. The maximum Gasteiger partial charge on any atom is 0.107 e. The first-order chi connectivity index (χ1) is 7.15. The Bertz CT molecular complexity index is 313. The van der Waals surface area contributed by atoms with E-state index in [2.05, 4.69) is 31.1 Å². The number of hydrogen-bond donors (Lipinski definition) is 1. The minimum Gasteiger partial charge on any atom is -0.308 e. The third-order valence-electron chi connectivity index (χ3n) is 3.31. The summed E-state index contributed by atoms with van der Waals surface area (Å²) in [6.07, 6.45) is 4.06. The van der Waals surface area contributed by atoms with Crippen molar-refractivity contribution >= 4 is 11.3 Å². The van der Waals surface area contributed by atoms with E-state index < -0.39 is 0 Å². The first kappa shape index (κ1) is 11.1. The van der Waals surface area contributed by atoms with E-state index in [1.165, 1.54) is 34.8 Å². The average Bonchev–Trinajstić information content (AvgIpc) is 2.72. The van der Waals surface area contributed by atoms with Crippen molar-refractivity contribution < 1.29 is 0 Å². The zero-order valence-electron chi connectivity index (χ0n) is 9.84. The molecule has 2 nitrogen and oxygen atoms in total. The molecule has 84 valence electrons. The minimum atomic E-state index is 0.726. The van der Waals surface area contributed by atoms with Crippen LogP contribution in [-0.2, 0) is 6.54 Å². The Balaban J connectivity index is 1.83. The monoisotopic (exact) mass is 224 g/mol. The number of hydrogen-bond acceptors (Lipinski definition) is 3. The molecular formula is C12H20N2S. The molecule has 0 radical (unpaired) electrons. The quantitative estimate of drug-likeness (QED) is 0.853. The van der Waals surface area contributed by atoms with E-state index in [9.17, 15) is 0 Å². The lowest BCUT2D eigenvalue weighted by Gasteiger charge is -2.10. The molecule has 1 heterocycles. The van der Waals surface area contributed by atoms with E-state index in [-0.39, 0.29) is 0 Å². The maximum absolute atomic E-state index is 4.55. The van der Waals surface area contributed by atoms with Crippen molar-refractivity contribution in [3.63, 3.8) is 0 Å². The van der Waals surface area contributed by atoms with E-state index in [1.54, 1.807) is 0 Å². The fourth-order valence-corrected chi connectivity index (χ4v) is 3.12. The highest BCUT2D eigenvalue weighted by Crippen LogP contribution is 2.25. The Morgan fingerprint density at radius 3 is 2.73 bits per heavy atom. The van der Waals surface area contributed by atoms with E-state index >= 15 is 0 Å². The van der Waals surface area contributed by atoms with Crippen LogP contribution in [0.1, 0.15) is 41.8 Å². The molecule has 0 amide bonds. The van der Waals surface area contributed by atoms with Gasteiger partial charge in [0.05, 0.1) is 5.69 Å². The predicted molar refractivity (Wildman–Crippen MR) is 65.2 cm³/mol. The summed E-state index contributed by atoms with van der Waals surface area (Å²) in [5.74, 6) is 0.905. The van der Waals surface area contributed by atoms with Crippen LogP contribution in [0.5, 0.6) is 0 Å². The molecule has 15 heavy (non-hydrogen) atoms. The number of rotatable bonds is 3. The summed E-state index contributed by atoms with van der Waals surface area (Å²) in [6.45, 7) is 7.54. The Labute approximate surface area is 96.1 Å². The lowest BCUT2D eigenvalue weighted by Crippen LogP contribution is -2.25. The molecule has 1 saturated carbocycles. The summed E-state index contributed by atoms with van der Waals surface area (Å²) in [7, 11) is 0. The molecule has 2 rings (SSSR count). The Kier molecular flexibility index (Phi) is 3.42. The Morgan fingerprint density at radius 2 is 2.20 bits per heavy atom. The van der Waals surface area contributed by atoms with Gasteiger partial charge in [0.1, 0.15) is 5.01 Å². The number of aryl methyl sites for hydroxylation is 2. The van der Waals surface area contributed by atoms with Crippen LogP contribution in [0.2, 0.25) is 0 Å². The van der Waals surface area contributed by atoms with Gasteiger partial charge in [-0.3, -0.25) is 0 Å². The van der Waals surface area contributed by atoms with Gasteiger partial charge >= 0.3 is 0 Å².